The number of ketones is 1. The summed E-state index contributed by atoms with van der Waals surface area (Å²) < 4.78 is 1.56. The number of aryl methyl sites for hydroxylation is 1. The summed E-state index contributed by atoms with van der Waals surface area (Å²) in [5, 5.41) is 14.0. The molecule has 16 heavy (non-hydrogen) atoms. The van der Waals surface area contributed by atoms with E-state index in [4.69, 9.17) is 11.6 Å². The van der Waals surface area contributed by atoms with Crippen LogP contribution < -0.4 is 0 Å². The number of halogens is 1. The van der Waals surface area contributed by atoms with Gasteiger partial charge in [-0.2, -0.15) is 5.10 Å². The molecule has 0 saturated carbocycles. The van der Waals surface area contributed by atoms with Crippen molar-refractivity contribution in [1.29, 1.82) is 0 Å². The molecule has 0 amide bonds. The smallest absolute Gasteiger partial charge is 0.210 e. The molecule has 5 heteroatoms. The summed E-state index contributed by atoms with van der Waals surface area (Å²) in [6.45, 7) is 4.54. The molecule has 0 aliphatic carbocycles. The van der Waals surface area contributed by atoms with Crippen molar-refractivity contribution in [2.75, 3.05) is 0 Å². The molecule has 1 aromatic rings. The van der Waals surface area contributed by atoms with E-state index in [1.54, 1.807) is 4.68 Å². The van der Waals surface area contributed by atoms with E-state index in [1.807, 2.05) is 13.8 Å². The lowest BCUT2D eigenvalue weighted by molar-refractivity contribution is 0.0717. The van der Waals surface area contributed by atoms with Gasteiger partial charge in [0.15, 0.2) is 0 Å². The Bertz CT molecular complexity index is 363. The first kappa shape index (κ1) is 13.2. The maximum Gasteiger partial charge on any atom is 0.210 e. The average Bonchev–Trinajstić information content (AvgIpc) is 2.60. The number of hydrogen-bond donors (Lipinski definition) is 1. The molecule has 0 aromatic carbocycles. The number of carbonyl (C=O) groups is 1. The Labute approximate surface area is 100 Å². The van der Waals surface area contributed by atoms with E-state index >= 15 is 0 Å². The number of carbonyl (C=O) groups excluding carboxylic acids is 1. The molecule has 1 heterocycles. The summed E-state index contributed by atoms with van der Waals surface area (Å²) in [6.07, 6.45) is 2.54. The molecule has 4 nitrogen and oxygen atoms in total. The lowest BCUT2D eigenvalue weighted by atomic mass is 10.1. The van der Waals surface area contributed by atoms with Crippen molar-refractivity contribution in [2.24, 2.45) is 0 Å². The maximum absolute atomic E-state index is 11.9. The van der Waals surface area contributed by atoms with Gasteiger partial charge >= 0.3 is 0 Å². The highest BCUT2D eigenvalue weighted by atomic mass is 35.5. The van der Waals surface area contributed by atoms with Crippen LogP contribution in [0.2, 0.25) is 5.02 Å². The lowest BCUT2D eigenvalue weighted by Crippen LogP contribution is -2.24. The fourth-order valence-electron chi connectivity index (χ4n) is 1.55. The second-order valence-electron chi connectivity index (χ2n) is 3.73. The lowest BCUT2D eigenvalue weighted by Gasteiger charge is -2.10. The van der Waals surface area contributed by atoms with Crippen LogP contribution in [0, 0.1) is 0 Å². The van der Waals surface area contributed by atoms with Gasteiger partial charge in [0.25, 0.3) is 0 Å². The van der Waals surface area contributed by atoms with Crippen LogP contribution in [0.1, 0.15) is 43.6 Å². The molecule has 0 bridgehead atoms. The van der Waals surface area contributed by atoms with Crippen LogP contribution in [-0.2, 0) is 6.54 Å². The van der Waals surface area contributed by atoms with E-state index in [0.717, 1.165) is 12.8 Å². The fraction of sp³-hybridized carbons (Fsp3) is 0.636. The van der Waals surface area contributed by atoms with Gasteiger partial charge in [-0.3, -0.25) is 9.48 Å². The van der Waals surface area contributed by atoms with Crippen molar-refractivity contribution < 1.29 is 9.90 Å². The molecule has 0 spiro atoms. The first-order chi connectivity index (χ1) is 7.61. The highest BCUT2D eigenvalue weighted by Crippen LogP contribution is 2.18. The Morgan fingerprint density at radius 1 is 1.56 bits per heavy atom. The van der Waals surface area contributed by atoms with Crippen LogP contribution >= 0.6 is 11.6 Å². The fourth-order valence-corrected chi connectivity index (χ4v) is 1.79. The van der Waals surface area contributed by atoms with E-state index < -0.39 is 6.10 Å². The molecule has 0 aliphatic heterocycles. The summed E-state index contributed by atoms with van der Waals surface area (Å²) in [4.78, 5) is 11.9. The summed E-state index contributed by atoms with van der Waals surface area (Å²) in [7, 11) is 0. The van der Waals surface area contributed by atoms with Gasteiger partial charge in [0.2, 0.25) is 5.78 Å². The monoisotopic (exact) mass is 244 g/mol. The molecule has 1 atom stereocenters. The number of aromatic nitrogens is 2. The highest BCUT2D eigenvalue weighted by molar-refractivity contribution is 6.33. The summed E-state index contributed by atoms with van der Waals surface area (Å²) in [5.41, 5.74) is 0.324. The predicted octanol–water partition coefficient (Wildman–Crippen LogP) is 2.29. The second kappa shape index (κ2) is 6.01. The van der Waals surface area contributed by atoms with Crippen molar-refractivity contribution >= 4 is 17.4 Å². The van der Waals surface area contributed by atoms with Crippen LogP contribution in [0.15, 0.2) is 6.20 Å². The van der Waals surface area contributed by atoms with Gasteiger partial charge in [-0.25, -0.2) is 0 Å². The molecular formula is C11H17ClN2O2. The summed E-state index contributed by atoms with van der Waals surface area (Å²) in [6, 6.07) is 0. The average molecular weight is 245 g/mol. The van der Waals surface area contributed by atoms with E-state index in [-0.39, 0.29) is 5.78 Å². The molecule has 1 rings (SSSR count). The van der Waals surface area contributed by atoms with Gasteiger partial charge in [-0.15, -0.1) is 0 Å². The molecule has 0 aliphatic rings. The molecule has 1 unspecified atom stereocenters. The normalized spacial score (nSPS) is 12.8. The number of aliphatic hydroxyl groups excluding tert-OH is 1. The number of nitrogens with zero attached hydrogens (tertiary/aromatic N) is 2. The largest absolute Gasteiger partial charge is 0.385 e. The third-order valence-electron chi connectivity index (χ3n) is 2.33. The van der Waals surface area contributed by atoms with Gasteiger partial charge in [0.05, 0.1) is 11.2 Å². The molecule has 0 saturated heterocycles. The highest BCUT2D eigenvalue weighted by Gasteiger charge is 2.23. The summed E-state index contributed by atoms with van der Waals surface area (Å²) in [5.74, 6) is -0.335. The zero-order valence-electron chi connectivity index (χ0n) is 9.61. The minimum atomic E-state index is -0.977. The third-order valence-corrected chi connectivity index (χ3v) is 2.60. The van der Waals surface area contributed by atoms with E-state index in [1.165, 1.54) is 6.20 Å². The molecule has 90 valence electrons. The Kier molecular flexibility index (Phi) is 4.96. The third kappa shape index (κ3) is 2.83. The maximum atomic E-state index is 11.9. The second-order valence-corrected chi connectivity index (χ2v) is 4.14. The van der Waals surface area contributed by atoms with E-state index in [0.29, 0.717) is 23.7 Å². The quantitative estimate of drug-likeness (QED) is 0.782. The van der Waals surface area contributed by atoms with Crippen molar-refractivity contribution in [2.45, 2.75) is 45.8 Å². The van der Waals surface area contributed by atoms with E-state index in [9.17, 15) is 9.90 Å². The molecular weight excluding hydrogens is 228 g/mol. The number of hydrogen-bond acceptors (Lipinski definition) is 3. The zero-order chi connectivity index (χ0) is 12.1. The van der Waals surface area contributed by atoms with Crippen LogP contribution in [-0.4, -0.2) is 26.8 Å². The van der Waals surface area contributed by atoms with Crippen LogP contribution in [0.5, 0.6) is 0 Å². The van der Waals surface area contributed by atoms with Gasteiger partial charge < -0.3 is 5.11 Å². The molecule has 0 radical (unpaired) electrons. The molecule has 1 N–H and O–H groups in total. The van der Waals surface area contributed by atoms with Gasteiger partial charge in [-0.1, -0.05) is 31.9 Å². The Morgan fingerprint density at radius 3 is 2.81 bits per heavy atom. The van der Waals surface area contributed by atoms with Crippen molar-refractivity contribution in [3.8, 4) is 0 Å². The van der Waals surface area contributed by atoms with Crippen molar-refractivity contribution in [3.05, 3.63) is 16.9 Å². The van der Waals surface area contributed by atoms with E-state index in [2.05, 4.69) is 5.10 Å². The van der Waals surface area contributed by atoms with Gasteiger partial charge in [0, 0.05) is 6.54 Å². The summed E-state index contributed by atoms with van der Waals surface area (Å²) >= 11 is 5.90. The first-order valence-electron chi connectivity index (χ1n) is 5.55. The number of Topliss-reactive ketones (excluding diaryl/α,β-unsaturated/α-hetero) is 1. The SMILES string of the molecule is CCCC(O)C(=O)c1c(Cl)cnn1CCC. The molecule has 1 aromatic heterocycles. The first-order valence-corrected chi connectivity index (χ1v) is 5.93. The van der Waals surface area contributed by atoms with Crippen LogP contribution in [0.3, 0.4) is 0 Å². The number of rotatable bonds is 6. The minimum absolute atomic E-state index is 0.314. The topological polar surface area (TPSA) is 55.1 Å². The number of aliphatic hydroxyl groups is 1. The Balaban J connectivity index is 2.92. The van der Waals surface area contributed by atoms with Crippen LogP contribution in [0.4, 0.5) is 0 Å². The molecule has 0 fully saturated rings. The van der Waals surface area contributed by atoms with Crippen molar-refractivity contribution in [3.63, 3.8) is 0 Å². The Morgan fingerprint density at radius 2 is 2.25 bits per heavy atom. The zero-order valence-corrected chi connectivity index (χ0v) is 10.4. The van der Waals surface area contributed by atoms with Gasteiger partial charge in [-0.05, 0) is 12.8 Å². The predicted molar refractivity (Wildman–Crippen MR) is 62.8 cm³/mol. The standard InChI is InChI=1S/C11H17ClN2O2/c1-3-5-9(15)11(16)10-8(12)7-13-14(10)6-4-2/h7,9,15H,3-6H2,1-2H3. The Hall–Kier alpha value is -0.870. The van der Waals surface area contributed by atoms with Gasteiger partial charge in [0.1, 0.15) is 11.8 Å². The van der Waals surface area contributed by atoms with Crippen LogP contribution in [0.25, 0.3) is 0 Å². The minimum Gasteiger partial charge on any atom is -0.385 e. The van der Waals surface area contributed by atoms with Crippen molar-refractivity contribution in [1.82, 2.24) is 9.78 Å².